The summed E-state index contributed by atoms with van der Waals surface area (Å²) in [4.78, 5) is 11.8. The molecule has 0 aliphatic rings. The highest BCUT2D eigenvalue weighted by molar-refractivity contribution is 5.76. The summed E-state index contributed by atoms with van der Waals surface area (Å²) in [5.74, 6) is 0.796. The van der Waals surface area contributed by atoms with E-state index in [-0.39, 0.29) is 5.91 Å². The number of carbonyl (C=O) groups excluding carboxylic acids is 1. The normalized spacial score (nSPS) is 10.2. The minimum atomic E-state index is 0.0430. The van der Waals surface area contributed by atoms with Gasteiger partial charge in [-0.2, -0.15) is 0 Å². The average Bonchev–Trinajstić information content (AvgIpc) is 2.53. The van der Waals surface area contributed by atoms with Gasteiger partial charge in [0, 0.05) is 12.1 Å². The van der Waals surface area contributed by atoms with Crippen LogP contribution in [0, 0.1) is 6.92 Å². The summed E-state index contributed by atoms with van der Waals surface area (Å²) in [6, 6.07) is 15.5. The smallest absolute Gasteiger partial charge is 0.220 e. The highest BCUT2D eigenvalue weighted by Crippen LogP contribution is 2.12. The van der Waals surface area contributed by atoms with Crippen LogP contribution in [0.4, 0.5) is 5.69 Å². The van der Waals surface area contributed by atoms with Gasteiger partial charge in [-0.25, -0.2) is 0 Å². The van der Waals surface area contributed by atoms with E-state index in [9.17, 15) is 4.79 Å². The number of amides is 1. The third-order valence-corrected chi connectivity index (χ3v) is 3.33. The van der Waals surface area contributed by atoms with Crippen LogP contribution in [0.5, 0.6) is 5.75 Å². The highest BCUT2D eigenvalue weighted by atomic mass is 16.5. The SMILES string of the molecule is Cc1ccc(CCC(=O)NCCOc2ccc(N)cc2)cc1. The quantitative estimate of drug-likeness (QED) is 0.610. The van der Waals surface area contributed by atoms with Gasteiger partial charge in [-0.1, -0.05) is 29.8 Å². The maximum Gasteiger partial charge on any atom is 0.220 e. The molecule has 2 aromatic carbocycles. The third kappa shape index (κ3) is 5.48. The molecular weight excluding hydrogens is 276 g/mol. The molecule has 0 bridgehead atoms. The molecule has 0 saturated carbocycles. The van der Waals surface area contributed by atoms with Gasteiger partial charge in [-0.15, -0.1) is 0 Å². The van der Waals surface area contributed by atoms with Crippen LogP contribution in [0.3, 0.4) is 0 Å². The summed E-state index contributed by atoms with van der Waals surface area (Å²) in [5.41, 5.74) is 8.71. The molecule has 0 aliphatic heterocycles. The van der Waals surface area contributed by atoms with Crippen LogP contribution in [0.15, 0.2) is 48.5 Å². The molecule has 0 aliphatic carbocycles. The number of aryl methyl sites for hydroxylation is 2. The van der Waals surface area contributed by atoms with Crippen molar-refractivity contribution < 1.29 is 9.53 Å². The van der Waals surface area contributed by atoms with Crippen molar-refractivity contribution in [2.75, 3.05) is 18.9 Å². The minimum absolute atomic E-state index is 0.0430. The van der Waals surface area contributed by atoms with Gasteiger partial charge < -0.3 is 15.8 Å². The molecule has 116 valence electrons. The molecule has 0 heterocycles. The number of carbonyl (C=O) groups is 1. The van der Waals surface area contributed by atoms with Crippen LogP contribution in [-0.4, -0.2) is 19.1 Å². The second kappa shape index (κ2) is 8.08. The van der Waals surface area contributed by atoms with Crippen molar-refractivity contribution in [3.05, 3.63) is 59.7 Å². The zero-order chi connectivity index (χ0) is 15.8. The summed E-state index contributed by atoms with van der Waals surface area (Å²) in [6.45, 7) is 2.99. The first-order valence-corrected chi connectivity index (χ1v) is 7.44. The number of benzene rings is 2. The molecule has 0 aromatic heterocycles. The van der Waals surface area contributed by atoms with Crippen molar-refractivity contribution in [1.82, 2.24) is 5.32 Å². The van der Waals surface area contributed by atoms with Crippen LogP contribution in [0.2, 0.25) is 0 Å². The number of nitrogens with one attached hydrogen (secondary N) is 1. The first-order chi connectivity index (χ1) is 10.6. The monoisotopic (exact) mass is 298 g/mol. The number of ether oxygens (including phenoxy) is 1. The molecule has 3 N–H and O–H groups in total. The van der Waals surface area contributed by atoms with Crippen LogP contribution < -0.4 is 15.8 Å². The van der Waals surface area contributed by atoms with Gasteiger partial charge in [0.05, 0.1) is 6.54 Å². The molecule has 0 fully saturated rings. The first-order valence-electron chi connectivity index (χ1n) is 7.44. The maximum atomic E-state index is 11.8. The zero-order valence-electron chi connectivity index (χ0n) is 12.8. The predicted molar refractivity (Wildman–Crippen MR) is 88.9 cm³/mol. The molecule has 2 aromatic rings. The molecule has 4 nitrogen and oxygen atoms in total. The number of anilines is 1. The Bertz CT molecular complexity index is 591. The van der Waals surface area contributed by atoms with Crippen molar-refractivity contribution in [3.63, 3.8) is 0 Å². The van der Waals surface area contributed by atoms with Gasteiger partial charge in [0.15, 0.2) is 0 Å². The van der Waals surface area contributed by atoms with E-state index in [1.807, 2.05) is 12.1 Å². The Hall–Kier alpha value is -2.49. The highest BCUT2D eigenvalue weighted by Gasteiger charge is 2.02. The molecule has 0 spiro atoms. The number of nitrogen functional groups attached to an aromatic ring is 1. The summed E-state index contributed by atoms with van der Waals surface area (Å²) in [7, 11) is 0. The van der Waals surface area contributed by atoms with Gasteiger partial charge in [-0.05, 0) is 43.2 Å². The second-order valence-electron chi connectivity index (χ2n) is 5.25. The summed E-state index contributed by atoms with van der Waals surface area (Å²) in [6.07, 6.45) is 1.25. The lowest BCUT2D eigenvalue weighted by molar-refractivity contribution is -0.121. The molecular formula is C18H22N2O2. The Labute approximate surface area is 131 Å². The first kappa shape index (κ1) is 15.9. The Morgan fingerprint density at radius 3 is 2.45 bits per heavy atom. The molecule has 0 atom stereocenters. The van der Waals surface area contributed by atoms with E-state index < -0.39 is 0 Å². The Balaban J connectivity index is 1.61. The Morgan fingerprint density at radius 2 is 1.77 bits per heavy atom. The molecule has 22 heavy (non-hydrogen) atoms. The second-order valence-corrected chi connectivity index (χ2v) is 5.25. The van der Waals surface area contributed by atoms with Crippen LogP contribution in [0.25, 0.3) is 0 Å². The van der Waals surface area contributed by atoms with Crippen molar-refractivity contribution in [2.24, 2.45) is 0 Å². The minimum Gasteiger partial charge on any atom is -0.492 e. The summed E-state index contributed by atoms with van der Waals surface area (Å²) in [5, 5.41) is 2.86. The van der Waals surface area contributed by atoms with E-state index in [0.29, 0.717) is 25.3 Å². The lowest BCUT2D eigenvalue weighted by atomic mass is 10.1. The van der Waals surface area contributed by atoms with Gasteiger partial charge >= 0.3 is 0 Å². The van der Waals surface area contributed by atoms with Crippen molar-refractivity contribution in [1.29, 1.82) is 0 Å². The van der Waals surface area contributed by atoms with E-state index in [1.165, 1.54) is 11.1 Å². The number of rotatable bonds is 7. The van der Waals surface area contributed by atoms with E-state index in [0.717, 1.165) is 12.2 Å². The molecule has 2 rings (SSSR count). The van der Waals surface area contributed by atoms with Crippen LogP contribution in [-0.2, 0) is 11.2 Å². The standard InChI is InChI=1S/C18H22N2O2/c1-14-2-4-15(5-3-14)6-11-18(21)20-12-13-22-17-9-7-16(19)8-10-17/h2-5,7-10H,6,11-13,19H2,1H3,(H,20,21). The lowest BCUT2D eigenvalue weighted by Crippen LogP contribution is -2.28. The van der Waals surface area contributed by atoms with Gasteiger partial charge in [0.2, 0.25) is 5.91 Å². The average molecular weight is 298 g/mol. The zero-order valence-corrected chi connectivity index (χ0v) is 12.8. The van der Waals surface area contributed by atoms with Gasteiger partial charge in [0.1, 0.15) is 12.4 Å². The van der Waals surface area contributed by atoms with E-state index in [2.05, 4.69) is 36.5 Å². The molecule has 0 radical (unpaired) electrons. The molecule has 0 saturated heterocycles. The summed E-state index contributed by atoms with van der Waals surface area (Å²) >= 11 is 0. The maximum absolute atomic E-state index is 11.8. The molecule has 4 heteroatoms. The fourth-order valence-electron chi connectivity index (χ4n) is 2.02. The van der Waals surface area contributed by atoms with E-state index >= 15 is 0 Å². The van der Waals surface area contributed by atoms with Crippen molar-refractivity contribution >= 4 is 11.6 Å². The lowest BCUT2D eigenvalue weighted by Gasteiger charge is -2.08. The summed E-state index contributed by atoms with van der Waals surface area (Å²) < 4.78 is 5.52. The topological polar surface area (TPSA) is 64.3 Å². The van der Waals surface area contributed by atoms with Gasteiger partial charge in [0.25, 0.3) is 0 Å². The van der Waals surface area contributed by atoms with E-state index in [1.54, 1.807) is 12.1 Å². The Kier molecular flexibility index (Phi) is 5.83. The third-order valence-electron chi connectivity index (χ3n) is 3.33. The van der Waals surface area contributed by atoms with Crippen LogP contribution in [0.1, 0.15) is 17.5 Å². The molecule has 0 unspecified atom stereocenters. The van der Waals surface area contributed by atoms with Crippen LogP contribution >= 0.6 is 0 Å². The fourth-order valence-corrected chi connectivity index (χ4v) is 2.02. The fraction of sp³-hybridized carbons (Fsp3) is 0.278. The van der Waals surface area contributed by atoms with Gasteiger partial charge in [-0.3, -0.25) is 4.79 Å². The molecule has 1 amide bonds. The number of hydrogen-bond acceptors (Lipinski definition) is 3. The van der Waals surface area contributed by atoms with Crippen molar-refractivity contribution in [2.45, 2.75) is 19.8 Å². The van der Waals surface area contributed by atoms with E-state index in [4.69, 9.17) is 10.5 Å². The Morgan fingerprint density at radius 1 is 1.09 bits per heavy atom. The number of hydrogen-bond donors (Lipinski definition) is 2. The largest absolute Gasteiger partial charge is 0.492 e. The van der Waals surface area contributed by atoms with Crippen molar-refractivity contribution in [3.8, 4) is 5.75 Å². The number of nitrogens with two attached hydrogens (primary N) is 1. The predicted octanol–water partition coefficient (Wildman–Crippen LogP) is 2.71.